The van der Waals surface area contributed by atoms with Crippen LogP contribution in [-0.4, -0.2) is 48.2 Å². The zero-order valence-corrected chi connectivity index (χ0v) is 13.0. The van der Waals surface area contributed by atoms with Gasteiger partial charge in [0.25, 0.3) is 0 Å². The van der Waals surface area contributed by atoms with Crippen LogP contribution in [0.15, 0.2) is 5.38 Å². The lowest BCUT2D eigenvalue weighted by Crippen LogP contribution is -2.43. The van der Waals surface area contributed by atoms with Gasteiger partial charge in [0, 0.05) is 25.1 Å². The largest absolute Gasteiger partial charge is 0.479 e. The summed E-state index contributed by atoms with van der Waals surface area (Å²) < 4.78 is 14.9. The summed E-state index contributed by atoms with van der Waals surface area (Å²) >= 11 is 1.27. The molecule has 1 aromatic rings. The van der Waals surface area contributed by atoms with E-state index in [1.807, 2.05) is 4.90 Å². The van der Waals surface area contributed by atoms with Gasteiger partial charge in [0.2, 0.25) is 5.88 Å². The van der Waals surface area contributed by atoms with Crippen LogP contribution in [0, 0.1) is 5.92 Å². The third kappa shape index (κ3) is 3.29. The third-order valence-corrected chi connectivity index (χ3v) is 4.90. The summed E-state index contributed by atoms with van der Waals surface area (Å²) in [6.07, 6.45) is 4.82. The number of carbonyl (C=O) groups excluding carboxylic acids is 1. The fourth-order valence-corrected chi connectivity index (χ4v) is 3.69. The van der Waals surface area contributed by atoms with Gasteiger partial charge >= 0.3 is 6.03 Å². The normalized spacial score (nSPS) is 23.3. The molecule has 21 heavy (non-hydrogen) atoms. The molecule has 3 heterocycles. The van der Waals surface area contributed by atoms with Gasteiger partial charge in [-0.2, -0.15) is 4.37 Å². The predicted molar refractivity (Wildman–Crippen MR) is 81.0 cm³/mol. The molecule has 3 rings (SSSR count). The zero-order valence-electron chi connectivity index (χ0n) is 12.2. The Morgan fingerprint density at radius 2 is 2.29 bits per heavy atom. The van der Waals surface area contributed by atoms with Crippen molar-refractivity contribution in [1.29, 1.82) is 0 Å². The monoisotopic (exact) mass is 311 g/mol. The Kier molecular flexibility index (Phi) is 4.60. The Labute approximate surface area is 128 Å². The van der Waals surface area contributed by atoms with Crippen molar-refractivity contribution < 1.29 is 14.3 Å². The molecule has 0 aromatic carbocycles. The molecule has 0 radical (unpaired) electrons. The van der Waals surface area contributed by atoms with E-state index < -0.39 is 0 Å². The van der Waals surface area contributed by atoms with Crippen LogP contribution in [0.25, 0.3) is 0 Å². The van der Waals surface area contributed by atoms with Crippen LogP contribution in [0.4, 0.5) is 10.5 Å². The van der Waals surface area contributed by atoms with Gasteiger partial charge in [0.1, 0.15) is 5.69 Å². The average molecular weight is 311 g/mol. The van der Waals surface area contributed by atoms with Crippen molar-refractivity contribution in [2.24, 2.45) is 5.92 Å². The molecule has 2 aliphatic rings. The molecule has 1 N–H and O–H groups in total. The molecule has 1 unspecified atom stereocenters. The molecule has 2 aliphatic heterocycles. The van der Waals surface area contributed by atoms with E-state index in [1.165, 1.54) is 24.4 Å². The summed E-state index contributed by atoms with van der Waals surface area (Å²) in [5.41, 5.74) is 0.647. The van der Waals surface area contributed by atoms with E-state index in [1.54, 1.807) is 12.5 Å². The fraction of sp³-hybridized carbons (Fsp3) is 0.714. The fourth-order valence-electron chi connectivity index (χ4n) is 3.10. The van der Waals surface area contributed by atoms with E-state index in [9.17, 15) is 4.79 Å². The number of ether oxygens (including phenoxy) is 2. The van der Waals surface area contributed by atoms with Gasteiger partial charge in [-0.15, -0.1) is 0 Å². The quantitative estimate of drug-likeness (QED) is 0.932. The molecule has 2 saturated heterocycles. The second-order valence-electron chi connectivity index (χ2n) is 5.54. The highest BCUT2D eigenvalue weighted by atomic mass is 32.1. The standard InChI is InChI=1S/C14H21N3O3S/c1-19-13-11(9-21-16-13)15-14(18)17-6-4-10(5-7-17)12-3-2-8-20-12/h9-10,12H,2-8H2,1H3,(H,15,18). The summed E-state index contributed by atoms with van der Waals surface area (Å²) in [4.78, 5) is 14.1. The van der Waals surface area contributed by atoms with Gasteiger partial charge in [-0.1, -0.05) is 0 Å². The number of hydrogen-bond donors (Lipinski definition) is 1. The second kappa shape index (κ2) is 6.62. The molecule has 0 saturated carbocycles. The van der Waals surface area contributed by atoms with Gasteiger partial charge in [0.05, 0.1) is 13.2 Å². The van der Waals surface area contributed by atoms with Crippen LogP contribution in [0.3, 0.4) is 0 Å². The van der Waals surface area contributed by atoms with Crippen molar-refractivity contribution in [3.05, 3.63) is 5.38 Å². The lowest BCUT2D eigenvalue weighted by molar-refractivity contribution is 0.0382. The molecule has 1 atom stereocenters. The van der Waals surface area contributed by atoms with E-state index in [4.69, 9.17) is 9.47 Å². The number of aromatic nitrogens is 1. The Bertz CT molecular complexity index is 480. The summed E-state index contributed by atoms with van der Waals surface area (Å²) in [5.74, 6) is 1.08. The van der Waals surface area contributed by atoms with Crippen molar-refractivity contribution in [1.82, 2.24) is 9.27 Å². The highest BCUT2D eigenvalue weighted by molar-refractivity contribution is 7.04. The molecule has 6 nitrogen and oxygen atoms in total. The maximum Gasteiger partial charge on any atom is 0.322 e. The van der Waals surface area contributed by atoms with E-state index in [0.717, 1.165) is 32.5 Å². The SMILES string of the molecule is COc1nscc1NC(=O)N1CCC(C2CCCO2)CC1. The van der Waals surface area contributed by atoms with Gasteiger partial charge in [-0.25, -0.2) is 4.79 Å². The minimum atomic E-state index is -0.0701. The molecule has 0 bridgehead atoms. The van der Waals surface area contributed by atoms with Crippen LogP contribution in [0.1, 0.15) is 25.7 Å². The number of nitrogens with zero attached hydrogens (tertiary/aromatic N) is 2. The number of urea groups is 1. The minimum Gasteiger partial charge on any atom is -0.479 e. The molecule has 2 fully saturated rings. The Hall–Kier alpha value is -1.34. The molecule has 0 spiro atoms. The summed E-state index contributed by atoms with van der Waals surface area (Å²) in [7, 11) is 1.55. The van der Waals surface area contributed by atoms with Gasteiger partial charge in [-0.3, -0.25) is 0 Å². The van der Waals surface area contributed by atoms with E-state index >= 15 is 0 Å². The number of likely N-dealkylation sites (tertiary alicyclic amines) is 1. The first-order valence-electron chi connectivity index (χ1n) is 7.44. The highest BCUT2D eigenvalue weighted by Gasteiger charge is 2.31. The third-order valence-electron chi connectivity index (χ3n) is 4.29. The second-order valence-corrected chi connectivity index (χ2v) is 6.17. The smallest absolute Gasteiger partial charge is 0.322 e. The number of piperidine rings is 1. The zero-order chi connectivity index (χ0) is 14.7. The van der Waals surface area contributed by atoms with Gasteiger partial charge in [-0.05, 0) is 43.1 Å². The molecule has 7 heteroatoms. The molecule has 1 aromatic heterocycles. The van der Waals surface area contributed by atoms with E-state index in [0.29, 0.717) is 23.6 Å². The first kappa shape index (κ1) is 14.6. The van der Waals surface area contributed by atoms with Crippen LogP contribution < -0.4 is 10.1 Å². The lowest BCUT2D eigenvalue weighted by Gasteiger charge is -2.34. The number of rotatable bonds is 3. The van der Waals surface area contributed by atoms with Crippen molar-refractivity contribution >= 4 is 23.3 Å². The van der Waals surface area contributed by atoms with Gasteiger partial charge < -0.3 is 19.7 Å². The molecule has 116 valence electrons. The first-order valence-corrected chi connectivity index (χ1v) is 8.27. The molecular formula is C14H21N3O3S. The maximum absolute atomic E-state index is 12.3. The molecule has 2 amide bonds. The van der Waals surface area contributed by atoms with Crippen LogP contribution in [0.2, 0.25) is 0 Å². The number of carbonyl (C=O) groups is 1. The predicted octanol–water partition coefficient (Wildman–Crippen LogP) is 2.57. The Morgan fingerprint density at radius 1 is 1.48 bits per heavy atom. The topological polar surface area (TPSA) is 63.7 Å². The van der Waals surface area contributed by atoms with Crippen molar-refractivity contribution in [3.8, 4) is 5.88 Å². The van der Waals surface area contributed by atoms with Crippen LogP contribution in [0.5, 0.6) is 5.88 Å². The van der Waals surface area contributed by atoms with Crippen molar-refractivity contribution in [2.45, 2.75) is 31.8 Å². The number of amides is 2. The minimum absolute atomic E-state index is 0.0701. The Morgan fingerprint density at radius 3 is 2.95 bits per heavy atom. The van der Waals surface area contributed by atoms with E-state index in [2.05, 4.69) is 9.69 Å². The highest BCUT2D eigenvalue weighted by Crippen LogP contribution is 2.30. The van der Waals surface area contributed by atoms with Crippen LogP contribution in [-0.2, 0) is 4.74 Å². The number of hydrogen-bond acceptors (Lipinski definition) is 5. The number of anilines is 1. The summed E-state index contributed by atoms with van der Waals surface area (Å²) in [6, 6.07) is -0.0701. The molecule has 0 aliphatic carbocycles. The van der Waals surface area contributed by atoms with Crippen molar-refractivity contribution in [2.75, 3.05) is 32.1 Å². The lowest BCUT2D eigenvalue weighted by atomic mass is 9.90. The summed E-state index contributed by atoms with van der Waals surface area (Å²) in [6.45, 7) is 2.48. The first-order chi connectivity index (χ1) is 10.3. The van der Waals surface area contributed by atoms with E-state index in [-0.39, 0.29) is 6.03 Å². The Balaban J connectivity index is 1.50. The summed E-state index contributed by atoms with van der Waals surface area (Å²) in [5, 5.41) is 4.66. The van der Waals surface area contributed by atoms with Crippen molar-refractivity contribution in [3.63, 3.8) is 0 Å². The average Bonchev–Trinajstić information content (AvgIpc) is 3.18. The maximum atomic E-state index is 12.3. The number of methoxy groups -OCH3 is 1. The molecular weight excluding hydrogens is 290 g/mol. The number of nitrogens with one attached hydrogen (secondary N) is 1. The van der Waals surface area contributed by atoms with Gasteiger partial charge in [0.15, 0.2) is 0 Å². The van der Waals surface area contributed by atoms with Crippen LogP contribution >= 0.6 is 11.5 Å².